The van der Waals surface area contributed by atoms with Crippen molar-refractivity contribution in [2.75, 3.05) is 49.1 Å². The Morgan fingerprint density at radius 2 is 1.79 bits per heavy atom. The zero-order valence-electron chi connectivity index (χ0n) is 15.7. The first kappa shape index (κ1) is 17.2. The molecule has 0 saturated carbocycles. The van der Waals surface area contributed by atoms with Crippen LogP contribution in [0.5, 0.6) is 0 Å². The van der Waals surface area contributed by atoms with Gasteiger partial charge in [0.1, 0.15) is 11.2 Å². The van der Waals surface area contributed by atoms with Crippen LogP contribution >= 0.6 is 0 Å². The minimum Gasteiger partial charge on any atom is -0.369 e. The van der Waals surface area contributed by atoms with Crippen molar-refractivity contribution in [1.29, 1.82) is 0 Å². The number of benzene rings is 1. The number of aromatic amines is 1. The lowest BCUT2D eigenvalue weighted by Crippen LogP contribution is -2.63. The van der Waals surface area contributed by atoms with Gasteiger partial charge in [0.15, 0.2) is 5.65 Å². The minimum atomic E-state index is -0.201. The summed E-state index contributed by atoms with van der Waals surface area (Å²) >= 11 is 0. The summed E-state index contributed by atoms with van der Waals surface area (Å²) in [4.78, 5) is 26.5. The fourth-order valence-electron chi connectivity index (χ4n) is 4.03. The molecular formula is C19H22FN7O. The van der Waals surface area contributed by atoms with E-state index in [1.165, 1.54) is 12.1 Å². The molecule has 0 unspecified atom stereocenters. The number of nitrogens with one attached hydrogen (secondary N) is 1. The zero-order chi connectivity index (χ0) is 19.3. The number of halogens is 1. The second-order valence-corrected chi connectivity index (χ2v) is 7.45. The van der Waals surface area contributed by atoms with Gasteiger partial charge < -0.3 is 9.80 Å². The fraction of sp³-hybridized carbons (Fsp3) is 0.421. The molecule has 0 aliphatic carbocycles. The molecule has 0 bridgehead atoms. The van der Waals surface area contributed by atoms with E-state index >= 15 is 0 Å². The molecule has 1 aromatic carbocycles. The summed E-state index contributed by atoms with van der Waals surface area (Å²) in [5.41, 5.74) is 1.53. The molecule has 0 spiro atoms. The second-order valence-electron chi connectivity index (χ2n) is 7.45. The third-order valence-electron chi connectivity index (χ3n) is 5.77. The Bertz CT molecular complexity index is 1050. The van der Waals surface area contributed by atoms with Gasteiger partial charge in [0.2, 0.25) is 5.95 Å². The van der Waals surface area contributed by atoms with Crippen molar-refractivity contribution in [2.45, 2.75) is 6.04 Å². The first-order valence-electron chi connectivity index (χ1n) is 9.50. The van der Waals surface area contributed by atoms with E-state index in [2.05, 4.69) is 29.8 Å². The number of fused-ring (bicyclic) bond motifs is 1. The number of aromatic nitrogens is 4. The molecule has 5 rings (SSSR count). The average Bonchev–Trinajstić information content (AvgIpc) is 3.04. The number of piperazine rings is 1. The number of aryl methyl sites for hydroxylation is 1. The van der Waals surface area contributed by atoms with Crippen molar-refractivity contribution in [1.82, 2.24) is 24.6 Å². The van der Waals surface area contributed by atoms with Gasteiger partial charge >= 0.3 is 0 Å². The summed E-state index contributed by atoms with van der Waals surface area (Å²) in [6, 6.07) is 7.17. The van der Waals surface area contributed by atoms with E-state index in [4.69, 9.17) is 0 Å². The summed E-state index contributed by atoms with van der Waals surface area (Å²) < 4.78 is 14.7. The molecule has 2 fully saturated rings. The molecule has 1 N–H and O–H groups in total. The molecule has 9 heteroatoms. The van der Waals surface area contributed by atoms with Crippen LogP contribution in [0.4, 0.5) is 16.0 Å². The van der Waals surface area contributed by atoms with E-state index in [1.807, 2.05) is 12.1 Å². The Kier molecular flexibility index (Phi) is 4.04. The maximum Gasteiger partial charge on any atom is 0.263 e. The van der Waals surface area contributed by atoms with Gasteiger partial charge in [-0.25, -0.2) is 4.39 Å². The summed E-state index contributed by atoms with van der Waals surface area (Å²) in [6.45, 7) is 5.50. The highest BCUT2D eigenvalue weighted by atomic mass is 19.1. The predicted octanol–water partition coefficient (Wildman–Crippen LogP) is 0.806. The van der Waals surface area contributed by atoms with Crippen LogP contribution < -0.4 is 15.4 Å². The molecule has 4 heterocycles. The third-order valence-corrected chi connectivity index (χ3v) is 5.77. The monoisotopic (exact) mass is 383 g/mol. The van der Waals surface area contributed by atoms with Gasteiger partial charge in [0, 0.05) is 58.0 Å². The standard InChI is InChI=1S/C19H22FN7O/c1-24-17-16(10-21-24)18(28)23-19(22-17)27-11-15(12-27)26-8-6-25(7-9-26)14-4-2-13(20)3-5-14/h2-5,10,15H,6-9,11-12H2,1H3,(H,22,23,28). The Labute approximate surface area is 161 Å². The summed E-state index contributed by atoms with van der Waals surface area (Å²) in [5.74, 6) is 0.412. The van der Waals surface area contributed by atoms with Gasteiger partial charge in [-0.05, 0) is 24.3 Å². The van der Waals surface area contributed by atoms with E-state index in [-0.39, 0.29) is 11.4 Å². The van der Waals surface area contributed by atoms with Crippen LogP contribution in [0, 0.1) is 5.82 Å². The molecule has 8 nitrogen and oxygen atoms in total. The third kappa shape index (κ3) is 2.91. The normalized spacial score (nSPS) is 18.6. The lowest BCUT2D eigenvalue weighted by Gasteiger charge is -2.48. The van der Waals surface area contributed by atoms with Gasteiger partial charge in [-0.3, -0.25) is 19.4 Å². The topological polar surface area (TPSA) is 73.3 Å². The minimum absolute atomic E-state index is 0.149. The van der Waals surface area contributed by atoms with Crippen molar-refractivity contribution in [2.24, 2.45) is 7.05 Å². The maximum atomic E-state index is 13.1. The highest BCUT2D eigenvalue weighted by Crippen LogP contribution is 2.23. The summed E-state index contributed by atoms with van der Waals surface area (Å²) in [6.07, 6.45) is 1.55. The van der Waals surface area contributed by atoms with Crippen molar-refractivity contribution in [3.63, 3.8) is 0 Å². The van der Waals surface area contributed by atoms with E-state index in [0.29, 0.717) is 23.0 Å². The van der Waals surface area contributed by atoms with Crippen molar-refractivity contribution in [3.8, 4) is 0 Å². The second kappa shape index (κ2) is 6.59. The Balaban J connectivity index is 1.20. The number of nitrogens with zero attached hydrogens (tertiary/aromatic N) is 6. The van der Waals surface area contributed by atoms with Gasteiger partial charge in [0.25, 0.3) is 5.56 Å². The first-order valence-corrected chi connectivity index (χ1v) is 9.50. The zero-order valence-corrected chi connectivity index (χ0v) is 15.7. The van der Waals surface area contributed by atoms with Gasteiger partial charge in [-0.1, -0.05) is 0 Å². The number of hydrogen-bond donors (Lipinski definition) is 1. The van der Waals surface area contributed by atoms with Crippen LogP contribution in [-0.2, 0) is 7.05 Å². The molecule has 2 aliphatic heterocycles. The van der Waals surface area contributed by atoms with Gasteiger partial charge in [-0.15, -0.1) is 0 Å². The fourth-order valence-corrected chi connectivity index (χ4v) is 4.03. The Hall–Kier alpha value is -2.94. The highest BCUT2D eigenvalue weighted by molar-refractivity contribution is 5.74. The number of hydrogen-bond acceptors (Lipinski definition) is 6. The van der Waals surface area contributed by atoms with Crippen molar-refractivity contribution in [3.05, 3.63) is 46.6 Å². The number of anilines is 2. The first-order chi connectivity index (χ1) is 13.6. The molecule has 0 radical (unpaired) electrons. The maximum absolute atomic E-state index is 13.1. The lowest BCUT2D eigenvalue weighted by atomic mass is 10.1. The molecule has 2 aliphatic rings. The lowest BCUT2D eigenvalue weighted by molar-refractivity contribution is 0.156. The van der Waals surface area contributed by atoms with Crippen molar-refractivity contribution < 1.29 is 4.39 Å². The quantitative estimate of drug-likeness (QED) is 0.722. The van der Waals surface area contributed by atoms with E-state index in [0.717, 1.165) is 45.0 Å². The summed E-state index contributed by atoms with van der Waals surface area (Å²) in [5, 5.41) is 4.62. The predicted molar refractivity (Wildman–Crippen MR) is 105 cm³/mol. The van der Waals surface area contributed by atoms with Crippen LogP contribution in [0.1, 0.15) is 0 Å². The molecular weight excluding hydrogens is 361 g/mol. The van der Waals surface area contributed by atoms with Crippen LogP contribution in [0.15, 0.2) is 35.3 Å². The molecule has 0 amide bonds. The molecule has 0 atom stereocenters. The van der Waals surface area contributed by atoms with E-state index < -0.39 is 0 Å². The number of H-pyrrole nitrogens is 1. The van der Waals surface area contributed by atoms with E-state index in [1.54, 1.807) is 17.9 Å². The van der Waals surface area contributed by atoms with Gasteiger partial charge in [-0.2, -0.15) is 10.1 Å². The average molecular weight is 383 g/mol. The Morgan fingerprint density at radius 1 is 1.07 bits per heavy atom. The van der Waals surface area contributed by atoms with Crippen LogP contribution in [0.2, 0.25) is 0 Å². The molecule has 28 heavy (non-hydrogen) atoms. The van der Waals surface area contributed by atoms with Crippen molar-refractivity contribution >= 4 is 22.7 Å². The van der Waals surface area contributed by atoms with Gasteiger partial charge in [0.05, 0.1) is 6.20 Å². The van der Waals surface area contributed by atoms with Crippen LogP contribution in [0.3, 0.4) is 0 Å². The van der Waals surface area contributed by atoms with Crippen LogP contribution in [0.25, 0.3) is 11.0 Å². The Morgan fingerprint density at radius 3 is 2.50 bits per heavy atom. The van der Waals surface area contributed by atoms with Crippen LogP contribution in [-0.4, -0.2) is 70.0 Å². The number of rotatable bonds is 3. The molecule has 3 aromatic rings. The largest absolute Gasteiger partial charge is 0.369 e. The van der Waals surface area contributed by atoms with E-state index in [9.17, 15) is 9.18 Å². The molecule has 2 saturated heterocycles. The highest BCUT2D eigenvalue weighted by Gasteiger charge is 2.35. The smallest absolute Gasteiger partial charge is 0.263 e. The SMILES string of the molecule is Cn1ncc2c(=O)[nH]c(N3CC(N4CCN(c5ccc(F)cc5)CC4)C3)nc21. The molecule has 146 valence electrons. The molecule has 2 aromatic heterocycles. The summed E-state index contributed by atoms with van der Waals surface area (Å²) in [7, 11) is 1.79.